The summed E-state index contributed by atoms with van der Waals surface area (Å²) in [5, 5.41) is 11.0. The van der Waals surface area contributed by atoms with E-state index in [0.29, 0.717) is 41.1 Å². The molecule has 2 fully saturated rings. The van der Waals surface area contributed by atoms with Crippen LogP contribution in [0, 0.1) is 18.8 Å². The van der Waals surface area contributed by atoms with Gasteiger partial charge in [0.2, 0.25) is 0 Å². The Hall–Kier alpha value is -2.64. The molecule has 1 N–H and O–H groups in total. The van der Waals surface area contributed by atoms with Gasteiger partial charge in [-0.3, -0.25) is 9.59 Å². The molecule has 0 bridgehead atoms. The van der Waals surface area contributed by atoms with Crippen LogP contribution < -0.4 is 4.90 Å². The molecule has 7 nitrogen and oxygen atoms in total. The van der Waals surface area contributed by atoms with Crippen molar-refractivity contribution in [3.05, 3.63) is 58.2 Å². The minimum absolute atomic E-state index is 0.0167. The number of pyridine rings is 1. The molecular weight excluding hydrogens is 476 g/mol. The summed E-state index contributed by atoms with van der Waals surface area (Å²) in [6.07, 6.45) is 5.97. The van der Waals surface area contributed by atoms with E-state index in [9.17, 15) is 14.7 Å². The van der Waals surface area contributed by atoms with Crippen LogP contribution in [0.15, 0.2) is 36.5 Å². The number of aromatic nitrogens is 1. The summed E-state index contributed by atoms with van der Waals surface area (Å²) in [5.74, 6) is 2.00. The van der Waals surface area contributed by atoms with Crippen molar-refractivity contribution in [2.24, 2.45) is 11.8 Å². The first-order valence-electron chi connectivity index (χ1n) is 12.9. The predicted octanol–water partition coefficient (Wildman–Crippen LogP) is 4.32. The zero-order valence-corrected chi connectivity index (χ0v) is 22.2. The van der Waals surface area contributed by atoms with Gasteiger partial charge < -0.3 is 19.8 Å². The summed E-state index contributed by atoms with van der Waals surface area (Å²) in [7, 11) is 3.51. The van der Waals surface area contributed by atoms with Crippen LogP contribution in [0.5, 0.6) is 0 Å². The number of carbonyl (C=O) groups excluding carboxylic acids is 2. The summed E-state index contributed by atoms with van der Waals surface area (Å²) in [6.45, 7) is 5.31. The summed E-state index contributed by atoms with van der Waals surface area (Å²) < 4.78 is 0. The molecule has 0 aliphatic carbocycles. The van der Waals surface area contributed by atoms with Crippen molar-refractivity contribution in [1.29, 1.82) is 0 Å². The second-order valence-corrected chi connectivity index (χ2v) is 10.9. The maximum Gasteiger partial charge on any atom is 0.256 e. The first-order valence-corrected chi connectivity index (χ1v) is 13.3. The van der Waals surface area contributed by atoms with E-state index >= 15 is 0 Å². The van der Waals surface area contributed by atoms with Crippen LogP contribution in [-0.4, -0.2) is 72.0 Å². The molecule has 0 saturated carbocycles. The van der Waals surface area contributed by atoms with Gasteiger partial charge in [0.1, 0.15) is 5.82 Å². The van der Waals surface area contributed by atoms with E-state index < -0.39 is 6.10 Å². The van der Waals surface area contributed by atoms with Crippen molar-refractivity contribution in [1.82, 2.24) is 14.8 Å². The summed E-state index contributed by atoms with van der Waals surface area (Å²) >= 11 is 6.01. The molecule has 194 valence electrons. The standard InChI is InChI=1S/C28H37ClN4O3/c1-19-15-25(30-18-24(19)27(35)31(2)3)32-11-7-20(8-12-32)16-21-9-13-33(14-10-21)28(36)26(34)22-5-4-6-23(29)17-22/h4-6,15,17-18,20-21,26,34H,7-14,16H2,1-3H3. The van der Waals surface area contributed by atoms with E-state index in [2.05, 4.69) is 9.88 Å². The first-order chi connectivity index (χ1) is 17.2. The van der Waals surface area contributed by atoms with Crippen molar-refractivity contribution < 1.29 is 14.7 Å². The molecule has 2 aromatic rings. The average Bonchev–Trinajstić information content (AvgIpc) is 2.88. The number of piperidine rings is 2. The van der Waals surface area contributed by atoms with Crippen LogP contribution in [0.25, 0.3) is 0 Å². The van der Waals surface area contributed by atoms with Gasteiger partial charge in [-0.1, -0.05) is 23.7 Å². The number of hydrogen-bond acceptors (Lipinski definition) is 5. The normalized spacial score (nSPS) is 18.2. The Labute approximate surface area is 219 Å². The highest BCUT2D eigenvalue weighted by Gasteiger charge is 2.30. The van der Waals surface area contributed by atoms with Gasteiger partial charge in [0, 0.05) is 51.5 Å². The molecule has 1 atom stereocenters. The molecule has 1 unspecified atom stereocenters. The summed E-state index contributed by atoms with van der Waals surface area (Å²) in [6, 6.07) is 8.91. The smallest absolute Gasteiger partial charge is 0.256 e. The van der Waals surface area contributed by atoms with Crippen molar-refractivity contribution in [2.45, 2.75) is 45.1 Å². The van der Waals surface area contributed by atoms with Gasteiger partial charge in [-0.15, -0.1) is 0 Å². The van der Waals surface area contributed by atoms with Crippen molar-refractivity contribution in [2.75, 3.05) is 45.2 Å². The van der Waals surface area contributed by atoms with Gasteiger partial charge in [0.15, 0.2) is 6.10 Å². The Kier molecular flexibility index (Phi) is 8.52. The number of nitrogens with zero attached hydrogens (tertiary/aromatic N) is 4. The molecule has 36 heavy (non-hydrogen) atoms. The van der Waals surface area contributed by atoms with Crippen LogP contribution in [0.2, 0.25) is 5.02 Å². The maximum atomic E-state index is 12.8. The third kappa shape index (κ3) is 6.19. The number of aryl methyl sites for hydroxylation is 1. The number of benzene rings is 1. The number of aliphatic hydroxyl groups excluding tert-OH is 1. The van der Waals surface area contributed by atoms with Crippen molar-refractivity contribution in [3.8, 4) is 0 Å². The number of rotatable bonds is 6. The minimum Gasteiger partial charge on any atom is -0.378 e. The van der Waals surface area contributed by atoms with Gasteiger partial charge >= 0.3 is 0 Å². The van der Waals surface area contributed by atoms with Crippen molar-refractivity contribution >= 4 is 29.2 Å². The van der Waals surface area contributed by atoms with E-state index in [1.54, 1.807) is 54.4 Å². The third-order valence-electron chi connectivity index (χ3n) is 7.66. The van der Waals surface area contributed by atoms with Gasteiger partial charge in [-0.2, -0.15) is 0 Å². The number of likely N-dealkylation sites (tertiary alicyclic amines) is 1. The molecule has 2 aliphatic rings. The number of amides is 2. The largest absolute Gasteiger partial charge is 0.378 e. The van der Waals surface area contributed by atoms with Gasteiger partial charge in [-0.05, 0) is 80.2 Å². The molecule has 2 saturated heterocycles. The molecule has 2 aliphatic heterocycles. The van der Waals surface area contributed by atoms with E-state index in [4.69, 9.17) is 11.6 Å². The lowest BCUT2D eigenvalue weighted by atomic mass is 9.82. The molecule has 2 amide bonds. The lowest BCUT2D eigenvalue weighted by Gasteiger charge is -2.37. The molecule has 3 heterocycles. The zero-order valence-electron chi connectivity index (χ0n) is 21.5. The van der Waals surface area contributed by atoms with Gasteiger partial charge in [0.05, 0.1) is 5.56 Å². The molecule has 4 rings (SSSR count). The Morgan fingerprint density at radius 2 is 1.72 bits per heavy atom. The number of aliphatic hydroxyl groups is 1. The SMILES string of the molecule is Cc1cc(N2CCC(CC3CCN(C(=O)C(O)c4cccc(Cl)c4)CC3)CC2)ncc1C(=O)N(C)C. The highest BCUT2D eigenvalue weighted by atomic mass is 35.5. The average molecular weight is 513 g/mol. The van der Waals surface area contributed by atoms with E-state index in [1.165, 1.54) is 6.42 Å². The fraction of sp³-hybridized carbons (Fsp3) is 0.536. The molecular formula is C28H37ClN4O3. The fourth-order valence-electron chi connectivity index (χ4n) is 5.43. The number of carbonyl (C=O) groups is 2. The fourth-order valence-corrected chi connectivity index (χ4v) is 5.63. The number of anilines is 1. The lowest BCUT2D eigenvalue weighted by Crippen LogP contribution is -2.42. The van der Waals surface area contributed by atoms with Crippen LogP contribution in [-0.2, 0) is 4.79 Å². The molecule has 1 aromatic heterocycles. The van der Waals surface area contributed by atoms with Crippen LogP contribution in [0.1, 0.15) is 59.7 Å². The Morgan fingerprint density at radius 3 is 2.31 bits per heavy atom. The van der Waals surface area contributed by atoms with Crippen LogP contribution in [0.3, 0.4) is 0 Å². The van der Waals surface area contributed by atoms with Crippen LogP contribution in [0.4, 0.5) is 5.82 Å². The van der Waals surface area contributed by atoms with E-state index in [1.807, 2.05) is 13.0 Å². The molecule has 1 aromatic carbocycles. The molecule has 0 radical (unpaired) electrons. The Bertz CT molecular complexity index is 1080. The second-order valence-electron chi connectivity index (χ2n) is 10.4. The van der Waals surface area contributed by atoms with E-state index in [-0.39, 0.29) is 11.8 Å². The number of hydrogen-bond donors (Lipinski definition) is 1. The highest BCUT2D eigenvalue weighted by molar-refractivity contribution is 6.30. The quantitative estimate of drug-likeness (QED) is 0.623. The van der Waals surface area contributed by atoms with Gasteiger partial charge in [-0.25, -0.2) is 4.98 Å². The maximum absolute atomic E-state index is 12.8. The van der Waals surface area contributed by atoms with Gasteiger partial charge in [0.25, 0.3) is 11.8 Å². The van der Waals surface area contributed by atoms with Crippen molar-refractivity contribution in [3.63, 3.8) is 0 Å². The zero-order chi connectivity index (χ0) is 25.8. The van der Waals surface area contributed by atoms with E-state index in [0.717, 1.165) is 50.2 Å². The molecule has 8 heteroatoms. The third-order valence-corrected chi connectivity index (χ3v) is 7.90. The first kappa shape index (κ1) is 26.4. The second kappa shape index (κ2) is 11.6. The summed E-state index contributed by atoms with van der Waals surface area (Å²) in [4.78, 5) is 35.4. The Balaban J connectivity index is 1.23. The topological polar surface area (TPSA) is 77.0 Å². The highest BCUT2D eigenvalue weighted by Crippen LogP contribution is 2.32. The minimum atomic E-state index is -1.16. The lowest BCUT2D eigenvalue weighted by molar-refractivity contribution is -0.142. The monoisotopic (exact) mass is 512 g/mol. The summed E-state index contributed by atoms with van der Waals surface area (Å²) in [5.41, 5.74) is 2.16. The number of halogens is 1. The molecule has 0 spiro atoms. The Morgan fingerprint density at radius 1 is 1.08 bits per heavy atom. The van der Waals surface area contributed by atoms with Crippen LogP contribution >= 0.6 is 11.6 Å². The predicted molar refractivity (Wildman–Crippen MR) is 142 cm³/mol.